The van der Waals surface area contributed by atoms with Crippen molar-refractivity contribution in [2.24, 2.45) is 7.05 Å². The molecule has 3 aromatic heterocycles. The van der Waals surface area contributed by atoms with Crippen molar-refractivity contribution in [1.82, 2.24) is 29.0 Å². The molecule has 1 aliphatic heterocycles. The van der Waals surface area contributed by atoms with Crippen molar-refractivity contribution in [3.05, 3.63) is 48.2 Å². The summed E-state index contributed by atoms with van der Waals surface area (Å²) in [6.07, 6.45) is 3.20. The quantitative estimate of drug-likeness (QED) is 0.651. The second-order valence-electron chi connectivity index (χ2n) is 7.12. The summed E-state index contributed by atoms with van der Waals surface area (Å²) in [6.45, 7) is 5.34. The number of nitrogens with one attached hydrogen (secondary N) is 1. The van der Waals surface area contributed by atoms with E-state index in [0.717, 1.165) is 5.82 Å². The van der Waals surface area contributed by atoms with Crippen LogP contribution in [-0.4, -0.2) is 63.6 Å². The molecule has 158 valence electrons. The van der Waals surface area contributed by atoms with E-state index in [-0.39, 0.29) is 0 Å². The molecule has 4 rings (SSSR count). The summed E-state index contributed by atoms with van der Waals surface area (Å²) in [6, 6.07) is 7.43. The lowest BCUT2D eigenvalue weighted by atomic mass is 10.3. The monoisotopic (exact) mass is 428 g/mol. The summed E-state index contributed by atoms with van der Waals surface area (Å²) < 4.78 is 29.4. The largest absolute Gasteiger partial charge is 0.354 e. The molecule has 0 saturated carbocycles. The molecule has 0 spiro atoms. The molecule has 0 radical (unpaired) electrons. The first-order valence-electron chi connectivity index (χ1n) is 9.61. The zero-order valence-corrected chi connectivity index (χ0v) is 18.0. The lowest BCUT2D eigenvalue weighted by Crippen LogP contribution is -2.49. The van der Waals surface area contributed by atoms with E-state index in [1.807, 2.05) is 24.3 Å². The number of piperazine rings is 1. The Morgan fingerprint density at radius 1 is 1.00 bits per heavy atom. The van der Waals surface area contributed by atoms with Gasteiger partial charge >= 0.3 is 0 Å². The number of aromatic nitrogens is 5. The standard InChI is InChI=1S/C19H24N8O2S/c1-14-19(15(2)25(3)24-14)30(28,29)27-10-8-26(9-11-27)18-12-17(21-13-22-18)23-16-6-4-5-7-20-16/h4-7,12-13H,8-11H2,1-3H3,(H,20,21,22,23). The van der Waals surface area contributed by atoms with Crippen LogP contribution in [0.2, 0.25) is 0 Å². The van der Waals surface area contributed by atoms with Crippen molar-refractivity contribution in [1.29, 1.82) is 0 Å². The molecule has 3 aromatic rings. The van der Waals surface area contributed by atoms with Crippen LogP contribution in [0.1, 0.15) is 11.4 Å². The van der Waals surface area contributed by atoms with Gasteiger partial charge in [-0.25, -0.2) is 23.4 Å². The number of pyridine rings is 1. The van der Waals surface area contributed by atoms with Gasteiger partial charge < -0.3 is 10.2 Å². The Balaban J connectivity index is 1.46. The molecule has 0 aliphatic carbocycles. The number of sulfonamides is 1. The SMILES string of the molecule is Cc1nn(C)c(C)c1S(=O)(=O)N1CCN(c2cc(Nc3ccccn3)ncn2)CC1. The van der Waals surface area contributed by atoms with E-state index in [1.54, 1.807) is 31.8 Å². The molecule has 0 amide bonds. The number of aryl methyl sites for hydroxylation is 2. The maximum atomic E-state index is 13.2. The molecule has 30 heavy (non-hydrogen) atoms. The van der Waals surface area contributed by atoms with Gasteiger partial charge in [0.25, 0.3) is 0 Å². The summed E-state index contributed by atoms with van der Waals surface area (Å²) in [5, 5.41) is 7.40. The molecular formula is C19H24N8O2S. The fraction of sp³-hybridized carbons (Fsp3) is 0.368. The van der Waals surface area contributed by atoms with Gasteiger partial charge in [0.2, 0.25) is 10.0 Å². The summed E-state index contributed by atoms with van der Waals surface area (Å²) >= 11 is 0. The fourth-order valence-electron chi connectivity index (χ4n) is 3.57. The Morgan fingerprint density at radius 2 is 1.77 bits per heavy atom. The minimum atomic E-state index is -3.59. The van der Waals surface area contributed by atoms with E-state index >= 15 is 0 Å². The Kier molecular flexibility index (Phi) is 5.39. The Morgan fingerprint density at radius 3 is 2.40 bits per heavy atom. The zero-order valence-electron chi connectivity index (χ0n) is 17.1. The second kappa shape index (κ2) is 8.00. The van der Waals surface area contributed by atoms with E-state index in [0.29, 0.717) is 54.1 Å². The Bertz CT molecular complexity index is 1140. The molecule has 1 aliphatic rings. The minimum Gasteiger partial charge on any atom is -0.354 e. The van der Waals surface area contributed by atoms with Crippen molar-refractivity contribution in [3.8, 4) is 0 Å². The molecule has 0 aromatic carbocycles. The summed E-state index contributed by atoms with van der Waals surface area (Å²) in [7, 11) is -1.83. The predicted molar refractivity (Wildman–Crippen MR) is 113 cm³/mol. The summed E-state index contributed by atoms with van der Waals surface area (Å²) in [4.78, 5) is 15.2. The van der Waals surface area contributed by atoms with Crippen molar-refractivity contribution < 1.29 is 8.42 Å². The van der Waals surface area contributed by atoms with Crippen LogP contribution in [0.25, 0.3) is 0 Å². The lowest BCUT2D eigenvalue weighted by Gasteiger charge is -2.34. The number of rotatable bonds is 5. The zero-order chi connectivity index (χ0) is 21.3. The third-order valence-corrected chi connectivity index (χ3v) is 7.33. The van der Waals surface area contributed by atoms with E-state index in [9.17, 15) is 8.42 Å². The molecule has 0 atom stereocenters. The van der Waals surface area contributed by atoms with Crippen LogP contribution < -0.4 is 10.2 Å². The highest BCUT2D eigenvalue weighted by Gasteiger charge is 2.33. The van der Waals surface area contributed by atoms with Crippen molar-refractivity contribution >= 4 is 27.5 Å². The van der Waals surface area contributed by atoms with Gasteiger partial charge in [-0.1, -0.05) is 6.07 Å². The smallest absolute Gasteiger partial charge is 0.246 e. The number of hydrogen-bond acceptors (Lipinski definition) is 8. The third kappa shape index (κ3) is 3.85. The van der Waals surface area contributed by atoms with Crippen molar-refractivity contribution in [2.75, 3.05) is 36.4 Å². The van der Waals surface area contributed by atoms with Crippen LogP contribution >= 0.6 is 0 Å². The molecule has 0 unspecified atom stereocenters. The average molecular weight is 429 g/mol. The molecular weight excluding hydrogens is 404 g/mol. The van der Waals surface area contributed by atoms with Crippen LogP contribution in [0.4, 0.5) is 17.5 Å². The van der Waals surface area contributed by atoms with E-state index < -0.39 is 10.0 Å². The first-order valence-corrected chi connectivity index (χ1v) is 11.1. The number of nitrogens with zero attached hydrogens (tertiary/aromatic N) is 7. The van der Waals surface area contributed by atoms with Gasteiger partial charge in [-0.05, 0) is 26.0 Å². The Labute approximate surface area is 175 Å². The van der Waals surface area contributed by atoms with Gasteiger partial charge in [0.05, 0.1) is 11.4 Å². The van der Waals surface area contributed by atoms with Crippen LogP contribution in [0.5, 0.6) is 0 Å². The normalized spacial score (nSPS) is 15.4. The van der Waals surface area contributed by atoms with Crippen LogP contribution in [-0.2, 0) is 17.1 Å². The van der Waals surface area contributed by atoms with Gasteiger partial charge in [-0.2, -0.15) is 9.40 Å². The van der Waals surface area contributed by atoms with E-state index in [4.69, 9.17) is 0 Å². The van der Waals surface area contributed by atoms with Gasteiger partial charge in [-0.15, -0.1) is 0 Å². The first kappa shape index (κ1) is 20.2. The van der Waals surface area contributed by atoms with Crippen LogP contribution in [0.15, 0.2) is 41.7 Å². The summed E-state index contributed by atoms with van der Waals surface area (Å²) in [5.74, 6) is 2.07. The highest BCUT2D eigenvalue weighted by molar-refractivity contribution is 7.89. The fourth-order valence-corrected chi connectivity index (χ4v) is 5.39. The number of hydrogen-bond donors (Lipinski definition) is 1. The topological polar surface area (TPSA) is 109 Å². The van der Waals surface area contributed by atoms with Crippen molar-refractivity contribution in [3.63, 3.8) is 0 Å². The highest BCUT2D eigenvalue weighted by Crippen LogP contribution is 2.25. The molecule has 1 N–H and O–H groups in total. The first-order chi connectivity index (χ1) is 14.4. The van der Waals surface area contributed by atoms with Crippen LogP contribution in [0.3, 0.4) is 0 Å². The molecule has 1 saturated heterocycles. The number of anilines is 3. The van der Waals surface area contributed by atoms with Gasteiger partial charge in [-0.3, -0.25) is 4.68 Å². The molecule has 10 nitrogen and oxygen atoms in total. The van der Waals surface area contributed by atoms with E-state index in [1.165, 1.54) is 10.6 Å². The minimum absolute atomic E-state index is 0.308. The second-order valence-corrected chi connectivity index (χ2v) is 8.99. The van der Waals surface area contributed by atoms with E-state index in [2.05, 4.69) is 30.3 Å². The highest BCUT2D eigenvalue weighted by atomic mass is 32.2. The predicted octanol–water partition coefficient (Wildman–Crippen LogP) is 1.48. The molecule has 0 bridgehead atoms. The molecule has 4 heterocycles. The lowest BCUT2D eigenvalue weighted by molar-refractivity contribution is 0.383. The van der Waals surface area contributed by atoms with Gasteiger partial charge in [0.1, 0.15) is 28.7 Å². The van der Waals surface area contributed by atoms with Gasteiger partial charge in [0.15, 0.2) is 0 Å². The van der Waals surface area contributed by atoms with Crippen molar-refractivity contribution in [2.45, 2.75) is 18.7 Å². The average Bonchev–Trinajstić information content (AvgIpc) is 3.01. The Hall–Kier alpha value is -3.05. The maximum absolute atomic E-state index is 13.2. The molecule has 11 heteroatoms. The third-order valence-electron chi connectivity index (χ3n) is 5.18. The van der Waals surface area contributed by atoms with Gasteiger partial charge in [0, 0.05) is 45.5 Å². The maximum Gasteiger partial charge on any atom is 0.246 e. The van der Waals surface area contributed by atoms with Crippen LogP contribution in [0, 0.1) is 13.8 Å². The molecule has 1 fully saturated rings. The summed E-state index contributed by atoms with van der Waals surface area (Å²) in [5.41, 5.74) is 1.18.